The van der Waals surface area contributed by atoms with Crippen LogP contribution in [0, 0.1) is 11.8 Å². The third-order valence-corrected chi connectivity index (χ3v) is 6.07. The first kappa shape index (κ1) is 17.5. The van der Waals surface area contributed by atoms with E-state index in [0.717, 1.165) is 44.9 Å². The zero-order valence-corrected chi connectivity index (χ0v) is 15.6. The minimum atomic E-state index is -0.00159. The van der Waals surface area contributed by atoms with E-state index in [9.17, 15) is 9.59 Å². The maximum absolute atomic E-state index is 12.5. The monoisotopic (exact) mass is 359 g/mol. The van der Waals surface area contributed by atoms with Crippen LogP contribution < -0.4 is 5.32 Å². The summed E-state index contributed by atoms with van der Waals surface area (Å²) in [5.41, 5.74) is 1.20. The highest BCUT2D eigenvalue weighted by molar-refractivity contribution is 5.85. The standard InChI is InChI=1S/C19H29N5O2/c1-22-13-20-8-15(22)9-23-10-16(14-5-6-14)17(11-23)21-18(25)12-24-7-3-2-4-19(24)26/h8,13-14,16-17H,2-7,9-12H2,1H3,(H,21,25)/t16-,17+/m1/s1. The molecule has 2 saturated heterocycles. The van der Waals surface area contributed by atoms with E-state index in [1.807, 2.05) is 19.6 Å². The van der Waals surface area contributed by atoms with Gasteiger partial charge >= 0.3 is 0 Å². The molecule has 7 heteroatoms. The molecular formula is C19H29N5O2. The Balaban J connectivity index is 1.34. The van der Waals surface area contributed by atoms with Gasteiger partial charge in [0.1, 0.15) is 0 Å². The molecule has 0 radical (unpaired) electrons. The van der Waals surface area contributed by atoms with Gasteiger partial charge in [-0.3, -0.25) is 14.5 Å². The first-order chi connectivity index (χ1) is 12.6. The van der Waals surface area contributed by atoms with Crippen LogP contribution in [-0.2, 0) is 23.2 Å². The third kappa shape index (κ3) is 3.92. The second-order valence-electron chi connectivity index (χ2n) is 8.14. The van der Waals surface area contributed by atoms with Gasteiger partial charge in [-0.1, -0.05) is 0 Å². The molecule has 7 nitrogen and oxygen atoms in total. The smallest absolute Gasteiger partial charge is 0.239 e. The number of nitrogens with one attached hydrogen (secondary N) is 1. The van der Waals surface area contributed by atoms with Crippen molar-refractivity contribution in [1.82, 2.24) is 24.7 Å². The molecule has 2 atom stereocenters. The van der Waals surface area contributed by atoms with Gasteiger partial charge in [0, 0.05) is 51.9 Å². The highest BCUT2D eigenvalue weighted by Crippen LogP contribution is 2.41. The van der Waals surface area contributed by atoms with Crippen LogP contribution in [0.15, 0.2) is 12.5 Å². The molecule has 142 valence electrons. The summed E-state index contributed by atoms with van der Waals surface area (Å²) in [6, 6.07) is 0.197. The normalized spacial score (nSPS) is 27.1. The van der Waals surface area contributed by atoms with Gasteiger partial charge in [-0.2, -0.15) is 0 Å². The predicted octanol–water partition coefficient (Wildman–Crippen LogP) is 0.759. The highest BCUT2D eigenvalue weighted by Gasteiger charge is 2.43. The summed E-state index contributed by atoms with van der Waals surface area (Å²) in [7, 11) is 2.02. The summed E-state index contributed by atoms with van der Waals surface area (Å²) < 4.78 is 2.06. The van der Waals surface area contributed by atoms with Gasteiger partial charge in [-0.05, 0) is 37.5 Å². The van der Waals surface area contributed by atoms with Crippen LogP contribution in [0.4, 0.5) is 0 Å². The fourth-order valence-corrected chi connectivity index (χ4v) is 4.42. The molecule has 3 heterocycles. The molecule has 4 rings (SSSR count). The molecular weight excluding hydrogens is 330 g/mol. The molecule has 1 aliphatic carbocycles. The quantitative estimate of drug-likeness (QED) is 0.814. The molecule has 2 aliphatic heterocycles. The van der Waals surface area contributed by atoms with Crippen molar-refractivity contribution in [2.45, 2.75) is 44.7 Å². The largest absolute Gasteiger partial charge is 0.350 e. The van der Waals surface area contributed by atoms with Crippen molar-refractivity contribution in [2.24, 2.45) is 18.9 Å². The Morgan fingerprint density at radius 2 is 2.15 bits per heavy atom. The van der Waals surface area contributed by atoms with E-state index in [1.165, 1.54) is 18.5 Å². The molecule has 3 fully saturated rings. The number of likely N-dealkylation sites (tertiary alicyclic amines) is 2. The van der Waals surface area contributed by atoms with Crippen molar-refractivity contribution in [3.8, 4) is 0 Å². The van der Waals surface area contributed by atoms with Gasteiger partial charge in [0.25, 0.3) is 0 Å². The van der Waals surface area contributed by atoms with Crippen molar-refractivity contribution >= 4 is 11.8 Å². The molecule has 0 aromatic carbocycles. The molecule has 0 bridgehead atoms. The Hall–Kier alpha value is -1.89. The Morgan fingerprint density at radius 1 is 1.31 bits per heavy atom. The Morgan fingerprint density at radius 3 is 2.85 bits per heavy atom. The third-order valence-electron chi connectivity index (χ3n) is 6.07. The van der Waals surface area contributed by atoms with E-state index < -0.39 is 0 Å². The number of nitrogens with zero attached hydrogens (tertiary/aromatic N) is 4. The van der Waals surface area contributed by atoms with Crippen LogP contribution >= 0.6 is 0 Å². The first-order valence-electron chi connectivity index (χ1n) is 9.85. The number of rotatable bonds is 6. The van der Waals surface area contributed by atoms with Crippen LogP contribution in [0.1, 0.15) is 37.8 Å². The Bertz CT molecular complexity index is 669. The molecule has 1 N–H and O–H groups in total. The van der Waals surface area contributed by atoms with Gasteiger partial charge in [0.15, 0.2) is 0 Å². The first-order valence-corrected chi connectivity index (χ1v) is 9.85. The lowest BCUT2D eigenvalue weighted by Crippen LogP contribution is -2.48. The number of carbonyl (C=O) groups is 2. The van der Waals surface area contributed by atoms with Crippen LogP contribution in [-0.4, -0.2) is 63.4 Å². The molecule has 0 spiro atoms. The number of piperidine rings is 1. The minimum absolute atomic E-state index is 0.00159. The molecule has 1 aromatic rings. The molecule has 2 amide bonds. The number of imidazole rings is 1. The minimum Gasteiger partial charge on any atom is -0.350 e. The Labute approximate surface area is 154 Å². The molecule has 3 aliphatic rings. The van der Waals surface area contributed by atoms with E-state index in [4.69, 9.17) is 0 Å². The zero-order valence-electron chi connectivity index (χ0n) is 15.6. The summed E-state index contributed by atoms with van der Waals surface area (Å²) in [4.78, 5) is 32.8. The van der Waals surface area contributed by atoms with Gasteiger partial charge in [-0.15, -0.1) is 0 Å². The lowest BCUT2D eigenvalue weighted by Gasteiger charge is -2.27. The fourth-order valence-electron chi connectivity index (χ4n) is 4.42. The van der Waals surface area contributed by atoms with Crippen LogP contribution in [0.25, 0.3) is 0 Å². The van der Waals surface area contributed by atoms with Crippen LogP contribution in [0.2, 0.25) is 0 Å². The van der Waals surface area contributed by atoms with Crippen LogP contribution in [0.3, 0.4) is 0 Å². The molecule has 26 heavy (non-hydrogen) atoms. The summed E-state index contributed by atoms with van der Waals surface area (Å²) >= 11 is 0. The van der Waals surface area contributed by atoms with E-state index >= 15 is 0 Å². The summed E-state index contributed by atoms with van der Waals surface area (Å²) in [6.45, 7) is 3.72. The van der Waals surface area contributed by atoms with Crippen molar-refractivity contribution in [1.29, 1.82) is 0 Å². The zero-order chi connectivity index (χ0) is 18.1. The van der Waals surface area contributed by atoms with E-state index in [2.05, 4.69) is 19.8 Å². The lowest BCUT2D eigenvalue weighted by atomic mass is 9.98. The van der Waals surface area contributed by atoms with E-state index in [1.54, 1.807) is 4.90 Å². The van der Waals surface area contributed by atoms with E-state index in [0.29, 0.717) is 12.3 Å². The van der Waals surface area contributed by atoms with Gasteiger partial charge < -0.3 is 14.8 Å². The SMILES string of the molecule is Cn1cncc1CN1C[C@H](NC(=O)CN2CCCCC2=O)[C@@H](C2CC2)C1. The van der Waals surface area contributed by atoms with E-state index in [-0.39, 0.29) is 24.4 Å². The second kappa shape index (κ2) is 7.39. The second-order valence-corrected chi connectivity index (χ2v) is 8.14. The highest BCUT2D eigenvalue weighted by atomic mass is 16.2. The number of hydrogen-bond acceptors (Lipinski definition) is 4. The molecule has 1 aromatic heterocycles. The van der Waals surface area contributed by atoms with Crippen molar-refractivity contribution in [3.05, 3.63) is 18.2 Å². The molecule has 1 saturated carbocycles. The molecule has 0 unspecified atom stereocenters. The maximum atomic E-state index is 12.5. The summed E-state index contributed by atoms with van der Waals surface area (Å²) in [5, 5.41) is 3.25. The van der Waals surface area contributed by atoms with Gasteiger partial charge in [0.2, 0.25) is 11.8 Å². The number of aryl methyl sites for hydroxylation is 1. The maximum Gasteiger partial charge on any atom is 0.239 e. The van der Waals surface area contributed by atoms with Crippen molar-refractivity contribution in [3.63, 3.8) is 0 Å². The fraction of sp³-hybridized carbons (Fsp3) is 0.737. The summed E-state index contributed by atoms with van der Waals surface area (Å²) in [5.74, 6) is 1.39. The average molecular weight is 359 g/mol. The van der Waals surface area contributed by atoms with Gasteiger partial charge in [-0.25, -0.2) is 4.98 Å². The number of amides is 2. The van der Waals surface area contributed by atoms with Crippen molar-refractivity contribution in [2.75, 3.05) is 26.2 Å². The predicted molar refractivity (Wildman–Crippen MR) is 97.1 cm³/mol. The number of hydrogen-bond donors (Lipinski definition) is 1. The van der Waals surface area contributed by atoms with Gasteiger partial charge in [0.05, 0.1) is 18.6 Å². The van der Waals surface area contributed by atoms with Crippen LogP contribution in [0.5, 0.6) is 0 Å². The number of aromatic nitrogens is 2. The van der Waals surface area contributed by atoms with Crippen molar-refractivity contribution < 1.29 is 9.59 Å². The summed E-state index contributed by atoms with van der Waals surface area (Å²) in [6.07, 6.45) is 8.85. The average Bonchev–Trinajstić information content (AvgIpc) is 3.27. The Kier molecular flexibility index (Phi) is 4.98. The number of carbonyl (C=O) groups excluding carboxylic acids is 2. The topological polar surface area (TPSA) is 70.5 Å². The lowest BCUT2D eigenvalue weighted by molar-refractivity contribution is -0.138.